The lowest BCUT2D eigenvalue weighted by molar-refractivity contribution is 1.29. The number of nitrogens with zero attached hydrogens (tertiary/aromatic N) is 2. The second-order valence-electron chi connectivity index (χ2n) is 2.33. The van der Waals surface area contributed by atoms with E-state index in [1.54, 1.807) is 18.3 Å². The van der Waals surface area contributed by atoms with E-state index in [9.17, 15) is 0 Å². The largest absolute Gasteiger partial charge is 0.243 e. The molecule has 0 bridgehead atoms. The SMILES string of the molecule is Clc1cc(Cl)nc(-c2nccs2)c1. The van der Waals surface area contributed by atoms with Crippen molar-refractivity contribution in [2.75, 3.05) is 0 Å². The first-order valence-electron chi connectivity index (χ1n) is 3.48. The average Bonchev–Trinajstić information content (AvgIpc) is 2.53. The maximum Gasteiger partial charge on any atom is 0.141 e. The normalized spacial score (nSPS) is 10.3. The van der Waals surface area contributed by atoms with Gasteiger partial charge in [0.1, 0.15) is 15.9 Å². The molecular formula is C8H4Cl2N2S. The van der Waals surface area contributed by atoms with Crippen molar-refractivity contribution in [3.05, 3.63) is 33.9 Å². The number of rotatable bonds is 1. The predicted octanol–water partition coefficient (Wildman–Crippen LogP) is 3.51. The Hall–Kier alpha value is -0.640. The molecule has 2 nitrogen and oxygen atoms in total. The van der Waals surface area contributed by atoms with E-state index in [-0.39, 0.29) is 0 Å². The van der Waals surface area contributed by atoms with E-state index >= 15 is 0 Å². The van der Waals surface area contributed by atoms with E-state index in [1.165, 1.54) is 11.3 Å². The first-order chi connectivity index (χ1) is 6.25. The zero-order chi connectivity index (χ0) is 9.26. The van der Waals surface area contributed by atoms with Gasteiger partial charge in [-0.3, -0.25) is 0 Å². The maximum atomic E-state index is 5.82. The molecule has 0 aliphatic heterocycles. The topological polar surface area (TPSA) is 25.8 Å². The Balaban J connectivity index is 2.53. The quantitative estimate of drug-likeness (QED) is 0.702. The summed E-state index contributed by atoms with van der Waals surface area (Å²) in [5.41, 5.74) is 0.715. The number of aromatic nitrogens is 2. The van der Waals surface area contributed by atoms with Crippen LogP contribution in [0.5, 0.6) is 0 Å². The summed E-state index contributed by atoms with van der Waals surface area (Å²) in [6.07, 6.45) is 1.72. The van der Waals surface area contributed by atoms with Gasteiger partial charge in [0.15, 0.2) is 0 Å². The van der Waals surface area contributed by atoms with E-state index in [2.05, 4.69) is 9.97 Å². The molecule has 0 saturated heterocycles. The third-order valence-electron chi connectivity index (χ3n) is 1.41. The molecule has 0 fully saturated rings. The summed E-state index contributed by atoms with van der Waals surface area (Å²) in [5.74, 6) is 0. The highest BCUT2D eigenvalue weighted by Gasteiger charge is 2.04. The van der Waals surface area contributed by atoms with Crippen molar-refractivity contribution >= 4 is 34.5 Å². The van der Waals surface area contributed by atoms with Crippen LogP contribution in [0.3, 0.4) is 0 Å². The molecule has 2 heterocycles. The third kappa shape index (κ3) is 1.99. The van der Waals surface area contributed by atoms with Gasteiger partial charge in [-0.15, -0.1) is 11.3 Å². The van der Waals surface area contributed by atoms with Crippen LogP contribution in [-0.2, 0) is 0 Å². The van der Waals surface area contributed by atoms with E-state index in [1.807, 2.05) is 5.38 Å². The van der Waals surface area contributed by atoms with Crippen LogP contribution in [0.25, 0.3) is 10.7 Å². The van der Waals surface area contributed by atoms with E-state index in [0.717, 1.165) is 5.01 Å². The fraction of sp³-hybridized carbons (Fsp3) is 0. The first-order valence-corrected chi connectivity index (χ1v) is 5.12. The molecule has 2 aromatic heterocycles. The lowest BCUT2D eigenvalue weighted by Crippen LogP contribution is -1.82. The smallest absolute Gasteiger partial charge is 0.141 e. The van der Waals surface area contributed by atoms with Crippen LogP contribution in [0.2, 0.25) is 10.2 Å². The van der Waals surface area contributed by atoms with Crippen molar-refractivity contribution in [1.82, 2.24) is 9.97 Å². The monoisotopic (exact) mass is 230 g/mol. The third-order valence-corrected chi connectivity index (χ3v) is 2.62. The molecule has 0 atom stereocenters. The lowest BCUT2D eigenvalue weighted by atomic mass is 10.4. The Bertz CT molecular complexity index is 394. The standard InChI is InChI=1S/C8H4Cl2N2S/c9-5-3-6(12-7(10)4-5)8-11-1-2-13-8/h1-4H. The minimum absolute atomic E-state index is 0.387. The van der Waals surface area contributed by atoms with Crippen molar-refractivity contribution in [3.63, 3.8) is 0 Å². The van der Waals surface area contributed by atoms with Gasteiger partial charge in [0.2, 0.25) is 0 Å². The Morgan fingerprint density at radius 3 is 2.69 bits per heavy atom. The molecular weight excluding hydrogens is 227 g/mol. The highest BCUT2D eigenvalue weighted by molar-refractivity contribution is 7.13. The van der Waals surface area contributed by atoms with Gasteiger partial charge in [0.25, 0.3) is 0 Å². The van der Waals surface area contributed by atoms with Gasteiger partial charge < -0.3 is 0 Å². The second-order valence-corrected chi connectivity index (χ2v) is 4.05. The molecule has 0 saturated carbocycles. The number of hydrogen-bond donors (Lipinski definition) is 0. The van der Waals surface area contributed by atoms with E-state index < -0.39 is 0 Å². The molecule has 0 radical (unpaired) electrons. The second kappa shape index (κ2) is 3.62. The van der Waals surface area contributed by atoms with E-state index in [0.29, 0.717) is 15.9 Å². The fourth-order valence-electron chi connectivity index (χ4n) is 0.925. The molecule has 5 heteroatoms. The Labute approximate surface area is 89.2 Å². The van der Waals surface area contributed by atoms with Gasteiger partial charge in [0.05, 0.1) is 0 Å². The lowest BCUT2D eigenvalue weighted by Gasteiger charge is -1.97. The average molecular weight is 231 g/mol. The van der Waals surface area contributed by atoms with Crippen LogP contribution in [-0.4, -0.2) is 9.97 Å². The minimum atomic E-state index is 0.387. The molecule has 0 unspecified atom stereocenters. The molecule has 2 rings (SSSR count). The molecule has 0 amide bonds. The van der Waals surface area contributed by atoms with E-state index in [4.69, 9.17) is 23.2 Å². The molecule has 2 aromatic rings. The zero-order valence-corrected chi connectivity index (χ0v) is 8.70. The summed E-state index contributed by atoms with van der Waals surface area (Å²) < 4.78 is 0. The van der Waals surface area contributed by atoms with Gasteiger partial charge in [-0.2, -0.15) is 0 Å². The molecule has 13 heavy (non-hydrogen) atoms. The van der Waals surface area contributed by atoms with Crippen molar-refractivity contribution in [1.29, 1.82) is 0 Å². The molecule has 66 valence electrons. The predicted molar refractivity (Wildman–Crippen MR) is 55.4 cm³/mol. The minimum Gasteiger partial charge on any atom is -0.243 e. The molecule has 0 spiro atoms. The van der Waals surface area contributed by atoms with Crippen LogP contribution in [0.4, 0.5) is 0 Å². The zero-order valence-electron chi connectivity index (χ0n) is 6.37. The fourth-order valence-corrected chi connectivity index (χ4v) is 1.99. The molecule has 0 aliphatic rings. The summed E-state index contributed by atoms with van der Waals surface area (Å²) in [5, 5.41) is 3.67. The number of hydrogen-bond acceptors (Lipinski definition) is 3. The summed E-state index contributed by atoms with van der Waals surface area (Å²) in [6, 6.07) is 3.34. The van der Waals surface area contributed by atoms with Crippen molar-refractivity contribution < 1.29 is 0 Å². The van der Waals surface area contributed by atoms with Gasteiger partial charge in [-0.25, -0.2) is 9.97 Å². The molecule has 0 aromatic carbocycles. The van der Waals surface area contributed by atoms with Gasteiger partial charge in [-0.05, 0) is 12.1 Å². The summed E-state index contributed by atoms with van der Waals surface area (Å²) in [4.78, 5) is 8.21. The van der Waals surface area contributed by atoms with Crippen LogP contribution in [0.1, 0.15) is 0 Å². The summed E-state index contributed by atoms with van der Waals surface area (Å²) in [6.45, 7) is 0. The van der Waals surface area contributed by atoms with Crippen LogP contribution in [0, 0.1) is 0 Å². The first kappa shape index (κ1) is 8.94. The van der Waals surface area contributed by atoms with Crippen molar-refractivity contribution in [2.45, 2.75) is 0 Å². The van der Waals surface area contributed by atoms with Gasteiger partial charge >= 0.3 is 0 Å². The van der Waals surface area contributed by atoms with Gasteiger partial charge in [-0.1, -0.05) is 23.2 Å². The van der Waals surface area contributed by atoms with Crippen LogP contribution < -0.4 is 0 Å². The highest BCUT2D eigenvalue weighted by Crippen LogP contribution is 2.24. The van der Waals surface area contributed by atoms with Crippen LogP contribution in [0.15, 0.2) is 23.7 Å². The Morgan fingerprint density at radius 2 is 2.08 bits per heavy atom. The summed E-state index contributed by atoms with van der Waals surface area (Å²) in [7, 11) is 0. The maximum absolute atomic E-state index is 5.82. The number of pyridine rings is 1. The van der Waals surface area contributed by atoms with Crippen molar-refractivity contribution in [2.24, 2.45) is 0 Å². The molecule has 0 N–H and O–H groups in total. The Morgan fingerprint density at radius 1 is 1.23 bits per heavy atom. The van der Waals surface area contributed by atoms with Gasteiger partial charge in [0, 0.05) is 16.6 Å². The molecule has 0 aliphatic carbocycles. The van der Waals surface area contributed by atoms with Crippen molar-refractivity contribution in [3.8, 4) is 10.7 Å². The number of halogens is 2. The summed E-state index contributed by atoms with van der Waals surface area (Å²) >= 11 is 13.1. The highest BCUT2D eigenvalue weighted by atomic mass is 35.5. The number of thiazole rings is 1. The van der Waals surface area contributed by atoms with Crippen LogP contribution >= 0.6 is 34.5 Å². The Kier molecular flexibility index (Phi) is 2.49.